The second-order valence-electron chi connectivity index (χ2n) is 4.89. The number of aliphatic hydroxyl groups is 1. The maximum Gasteiger partial charge on any atom is 0.282 e. The van der Waals surface area contributed by atoms with E-state index in [-0.39, 0.29) is 18.7 Å². The second kappa shape index (κ2) is 5.22. The van der Waals surface area contributed by atoms with Gasteiger partial charge >= 0.3 is 0 Å². The first-order valence-electron chi connectivity index (χ1n) is 6.50. The first-order chi connectivity index (χ1) is 8.11. The highest BCUT2D eigenvalue weighted by atomic mass is 32.2. The van der Waals surface area contributed by atoms with Gasteiger partial charge in [-0.15, -0.1) is 0 Å². The summed E-state index contributed by atoms with van der Waals surface area (Å²) in [5.74, 6) is 0. The molecule has 1 N–H and O–H groups in total. The summed E-state index contributed by atoms with van der Waals surface area (Å²) in [6.45, 7) is 2.90. The van der Waals surface area contributed by atoms with E-state index in [1.807, 2.05) is 6.92 Å². The van der Waals surface area contributed by atoms with Crippen molar-refractivity contribution in [1.82, 2.24) is 8.61 Å². The number of piperidine rings is 1. The number of rotatable bonds is 5. The van der Waals surface area contributed by atoms with Crippen LogP contribution in [0.4, 0.5) is 0 Å². The van der Waals surface area contributed by atoms with Gasteiger partial charge < -0.3 is 5.11 Å². The molecule has 1 aliphatic heterocycles. The standard InChI is InChI=1S/C11H22N2O3S/c1-2-12(10-6-7-10)17(15,16)13-8-4-3-5-11(13)9-14/h10-11,14H,2-9H2,1H3. The zero-order chi connectivity index (χ0) is 12.5. The third-order valence-corrected chi connectivity index (χ3v) is 5.86. The van der Waals surface area contributed by atoms with Gasteiger partial charge in [-0.1, -0.05) is 13.3 Å². The van der Waals surface area contributed by atoms with Gasteiger partial charge in [0.1, 0.15) is 0 Å². The van der Waals surface area contributed by atoms with Crippen LogP contribution >= 0.6 is 0 Å². The number of aliphatic hydroxyl groups excluding tert-OH is 1. The van der Waals surface area contributed by atoms with Gasteiger partial charge in [0.15, 0.2) is 0 Å². The Morgan fingerprint density at radius 2 is 2.00 bits per heavy atom. The van der Waals surface area contributed by atoms with Crippen LogP contribution < -0.4 is 0 Å². The molecule has 0 spiro atoms. The van der Waals surface area contributed by atoms with Crippen LogP contribution in [0.3, 0.4) is 0 Å². The average molecular weight is 262 g/mol. The Bertz CT molecular complexity index is 354. The summed E-state index contributed by atoms with van der Waals surface area (Å²) in [4.78, 5) is 0. The molecule has 0 aromatic rings. The lowest BCUT2D eigenvalue weighted by Crippen LogP contribution is -2.52. The van der Waals surface area contributed by atoms with E-state index in [4.69, 9.17) is 0 Å². The highest BCUT2D eigenvalue weighted by Gasteiger charge is 2.42. The summed E-state index contributed by atoms with van der Waals surface area (Å²) in [5.41, 5.74) is 0. The molecule has 1 aliphatic carbocycles. The molecular weight excluding hydrogens is 240 g/mol. The Hall–Kier alpha value is -0.170. The predicted octanol–water partition coefficient (Wildman–Crippen LogP) is 0.562. The van der Waals surface area contributed by atoms with E-state index in [0.29, 0.717) is 13.1 Å². The molecule has 0 aromatic carbocycles. The Balaban J connectivity index is 2.16. The van der Waals surface area contributed by atoms with Crippen LogP contribution in [-0.2, 0) is 10.2 Å². The summed E-state index contributed by atoms with van der Waals surface area (Å²) in [5, 5.41) is 9.31. The fraction of sp³-hybridized carbons (Fsp3) is 1.00. The fourth-order valence-corrected chi connectivity index (χ4v) is 4.66. The quantitative estimate of drug-likeness (QED) is 0.787. The molecule has 0 aromatic heterocycles. The Morgan fingerprint density at radius 1 is 1.29 bits per heavy atom. The molecule has 1 saturated carbocycles. The van der Waals surface area contributed by atoms with Crippen LogP contribution in [0.1, 0.15) is 39.0 Å². The van der Waals surface area contributed by atoms with Gasteiger partial charge in [0.25, 0.3) is 10.2 Å². The van der Waals surface area contributed by atoms with Gasteiger partial charge in [-0.05, 0) is 25.7 Å². The lowest BCUT2D eigenvalue weighted by molar-refractivity contribution is 0.147. The smallest absolute Gasteiger partial charge is 0.282 e. The van der Waals surface area contributed by atoms with Crippen LogP contribution in [0.15, 0.2) is 0 Å². The van der Waals surface area contributed by atoms with Crippen molar-refractivity contribution in [2.75, 3.05) is 19.7 Å². The SMILES string of the molecule is CCN(C1CC1)S(=O)(=O)N1CCCCC1CO. The third kappa shape index (κ3) is 2.65. The summed E-state index contributed by atoms with van der Waals surface area (Å²) in [6.07, 6.45) is 4.64. The van der Waals surface area contributed by atoms with Crippen molar-refractivity contribution in [3.63, 3.8) is 0 Å². The first-order valence-corrected chi connectivity index (χ1v) is 7.90. The minimum absolute atomic E-state index is 0.0680. The predicted molar refractivity (Wildman–Crippen MR) is 65.8 cm³/mol. The van der Waals surface area contributed by atoms with E-state index in [2.05, 4.69) is 0 Å². The molecule has 1 atom stereocenters. The summed E-state index contributed by atoms with van der Waals surface area (Å²) in [7, 11) is -3.37. The molecule has 0 amide bonds. The van der Waals surface area contributed by atoms with E-state index in [1.54, 1.807) is 4.31 Å². The van der Waals surface area contributed by atoms with E-state index < -0.39 is 10.2 Å². The van der Waals surface area contributed by atoms with E-state index in [9.17, 15) is 13.5 Å². The van der Waals surface area contributed by atoms with Crippen LogP contribution in [0.5, 0.6) is 0 Å². The average Bonchev–Trinajstić information content (AvgIpc) is 3.14. The maximum absolute atomic E-state index is 12.5. The molecule has 1 heterocycles. The van der Waals surface area contributed by atoms with E-state index >= 15 is 0 Å². The fourth-order valence-electron chi connectivity index (χ4n) is 2.57. The third-order valence-electron chi connectivity index (χ3n) is 3.64. The van der Waals surface area contributed by atoms with Crippen molar-refractivity contribution in [3.8, 4) is 0 Å². The Morgan fingerprint density at radius 3 is 2.53 bits per heavy atom. The molecule has 1 saturated heterocycles. The molecule has 2 fully saturated rings. The highest BCUT2D eigenvalue weighted by Crippen LogP contribution is 2.32. The minimum atomic E-state index is -3.37. The van der Waals surface area contributed by atoms with Crippen molar-refractivity contribution < 1.29 is 13.5 Å². The van der Waals surface area contributed by atoms with Gasteiger partial charge in [0.2, 0.25) is 0 Å². The molecule has 17 heavy (non-hydrogen) atoms. The second-order valence-corrected chi connectivity index (χ2v) is 6.72. The van der Waals surface area contributed by atoms with Crippen molar-refractivity contribution >= 4 is 10.2 Å². The summed E-state index contributed by atoms with van der Waals surface area (Å²) in [6, 6.07) is -0.0205. The van der Waals surface area contributed by atoms with E-state index in [0.717, 1.165) is 32.1 Å². The van der Waals surface area contributed by atoms with Crippen LogP contribution in [0.2, 0.25) is 0 Å². The molecule has 5 nitrogen and oxygen atoms in total. The topological polar surface area (TPSA) is 60.9 Å². The zero-order valence-electron chi connectivity index (χ0n) is 10.4. The van der Waals surface area contributed by atoms with Gasteiger partial charge in [0.05, 0.1) is 6.61 Å². The van der Waals surface area contributed by atoms with Crippen molar-refractivity contribution in [1.29, 1.82) is 0 Å². The van der Waals surface area contributed by atoms with Crippen LogP contribution in [-0.4, -0.2) is 53.9 Å². The largest absolute Gasteiger partial charge is 0.395 e. The maximum atomic E-state index is 12.5. The number of hydrogen-bond donors (Lipinski definition) is 1. The molecular formula is C11H22N2O3S. The van der Waals surface area contributed by atoms with Crippen molar-refractivity contribution in [2.45, 2.75) is 51.1 Å². The molecule has 0 bridgehead atoms. The normalized spacial score (nSPS) is 27.6. The number of hydrogen-bond acceptors (Lipinski definition) is 3. The van der Waals surface area contributed by atoms with Gasteiger partial charge in [-0.2, -0.15) is 17.0 Å². The minimum Gasteiger partial charge on any atom is -0.395 e. The lowest BCUT2D eigenvalue weighted by Gasteiger charge is -2.37. The molecule has 1 unspecified atom stereocenters. The van der Waals surface area contributed by atoms with Gasteiger partial charge in [-0.3, -0.25) is 0 Å². The van der Waals surface area contributed by atoms with Crippen molar-refractivity contribution in [3.05, 3.63) is 0 Å². The molecule has 6 heteroatoms. The van der Waals surface area contributed by atoms with Gasteiger partial charge in [0, 0.05) is 25.2 Å². The van der Waals surface area contributed by atoms with E-state index in [1.165, 1.54) is 4.31 Å². The summed E-state index contributed by atoms with van der Waals surface area (Å²) >= 11 is 0. The highest BCUT2D eigenvalue weighted by molar-refractivity contribution is 7.86. The van der Waals surface area contributed by atoms with Crippen molar-refractivity contribution in [2.24, 2.45) is 0 Å². The molecule has 0 radical (unpaired) electrons. The van der Waals surface area contributed by atoms with Crippen LogP contribution in [0, 0.1) is 0 Å². The Labute approximate surface area is 104 Å². The molecule has 2 rings (SSSR count). The number of nitrogens with zero attached hydrogens (tertiary/aromatic N) is 2. The molecule has 100 valence electrons. The zero-order valence-corrected chi connectivity index (χ0v) is 11.2. The van der Waals surface area contributed by atoms with Gasteiger partial charge in [-0.25, -0.2) is 0 Å². The molecule has 2 aliphatic rings. The lowest BCUT2D eigenvalue weighted by atomic mass is 10.1. The summed E-state index contributed by atoms with van der Waals surface area (Å²) < 4.78 is 28.1. The van der Waals surface area contributed by atoms with Crippen LogP contribution in [0.25, 0.3) is 0 Å². The Kier molecular flexibility index (Phi) is 4.07. The first kappa shape index (κ1) is 13.3. The monoisotopic (exact) mass is 262 g/mol.